The van der Waals surface area contributed by atoms with Crippen LogP contribution in [0.3, 0.4) is 0 Å². The lowest BCUT2D eigenvalue weighted by Crippen LogP contribution is -2.44. The third kappa shape index (κ3) is 3.44. The van der Waals surface area contributed by atoms with Crippen LogP contribution in [0.5, 0.6) is 0 Å². The molecule has 92 valence electrons. The summed E-state index contributed by atoms with van der Waals surface area (Å²) in [6.45, 7) is 2.85. The van der Waals surface area contributed by atoms with Crippen LogP contribution >= 0.6 is 0 Å². The van der Waals surface area contributed by atoms with Crippen LogP contribution < -0.4 is 10.9 Å². The zero-order chi connectivity index (χ0) is 13.0. The van der Waals surface area contributed by atoms with Crippen molar-refractivity contribution in [3.8, 4) is 0 Å². The Bertz CT molecular complexity index is 492. The Morgan fingerprint density at radius 3 is 2.59 bits per heavy atom. The van der Waals surface area contributed by atoms with Gasteiger partial charge in [-0.3, -0.25) is 9.59 Å². The van der Waals surface area contributed by atoms with Crippen LogP contribution in [0.25, 0.3) is 0 Å². The average Bonchev–Trinajstić information content (AvgIpc) is 2.21. The zero-order valence-corrected chi connectivity index (χ0v) is 9.64. The van der Waals surface area contributed by atoms with Crippen LogP contribution in [-0.4, -0.2) is 27.6 Å². The molecule has 6 heteroatoms. The molecule has 0 radical (unpaired) electrons. The fourth-order valence-electron chi connectivity index (χ4n) is 1.47. The molecule has 0 spiro atoms. The number of nitrogens with one attached hydrogen (secondary N) is 1. The van der Waals surface area contributed by atoms with E-state index in [4.69, 9.17) is 5.11 Å². The molecule has 1 atom stereocenters. The van der Waals surface area contributed by atoms with Crippen molar-refractivity contribution in [2.45, 2.75) is 26.4 Å². The molecule has 0 aliphatic carbocycles. The number of aliphatic carboxylic acids is 1. The number of aryl methyl sites for hydroxylation is 1. The van der Waals surface area contributed by atoms with Gasteiger partial charge >= 0.3 is 5.97 Å². The van der Waals surface area contributed by atoms with Gasteiger partial charge in [0.1, 0.15) is 6.04 Å². The molecule has 1 aromatic rings. The van der Waals surface area contributed by atoms with Crippen molar-refractivity contribution in [2.75, 3.05) is 0 Å². The number of carboxylic acids is 1. The first kappa shape index (κ1) is 13.0. The number of carbonyl (C=O) groups is 2. The molecule has 6 nitrogen and oxygen atoms in total. The SMILES string of the molecule is CC(=O)NC(Cn1c(C)cccc1=O)C(=O)O. The first-order valence-corrected chi connectivity index (χ1v) is 5.08. The third-order valence-corrected chi connectivity index (χ3v) is 2.31. The highest BCUT2D eigenvalue weighted by Gasteiger charge is 2.19. The van der Waals surface area contributed by atoms with E-state index in [1.807, 2.05) is 0 Å². The summed E-state index contributed by atoms with van der Waals surface area (Å²) in [6.07, 6.45) is 0. The molecule has 1 aromatic heterocycles. The molecular formula is C11H14N2O4. The highest BCUT2D eigenvalue weighted by molar-refractivity contribution is 5.81. The normalized spacial score (nSPS) is 11.9. The predicted octanol–water partition coefficient (Wildman–Crippen LogP) is -0.254. The molecule has 0 saturated carbocycles. The van der Waals surface area contributed by atoms with Crippen LogP contribution in [0.4, 0.5) is 0 Å². The lowest BCUT2D eigenvalue weighted by atomic mass is 10.2. The van der Waals surface area contributed by atoms with Crippen LogP contribution in [0.2, 0.25) is 0 Å². The fourth-order valence-corrected chi connectivity index (χ4v) is 1.47. The number of carboxylic acid groups (broad SMARTS) is 1. The van der Waals surface area contributed by atoms with Gasteiger partial charge in [0.15, 0.2) is 0 Å². The largest absolute Gasteiger partial charge is 0.480 e. The van der Waals surface area contributed by atoms with Gasteiger partial charge < -0.3 is 15.0 Å². The minimum absolute atomic E-state index is 0.0829. The summed E-state index contributed by atoms with van der Waals surface area (Å²) in [5, 5.41) is 11.2. The quantitative estimate of drug-likeness (QED) is 0.756. The van der Waals surface area contributed by atoms with E-state index >= 15 is 0 Å². The van der Waals surface area contributed by atoms with Gasteiger partial charge in [-0.2, -0.15) is 0 Å². The Balaban J connectivity index is 2.97. The number of carbonyl (C=O) groups excluding carboxylic acids is 1. The molecule has 17 heavy (non-hydrogen) atoms. The first-order chi connectivity index (χ1) is 7.91. The number of nitrogens with zero attached hydrogens (tertiary/aromatic N) is 1. The molecule has 1 heterocycles. The zero-order valence-electron chi connectivity index (χ0n) is 9.64. The van der Waals surface area contributed by atoms with Gasteiger partial charge in [-0.05, 0) is 13.0 Å². The monoisotopic (exact) mass is 238 g/mol. The van der Waals surface area contributed by atoms with E-state index in [2.05, 4.69) is 5.32 Å². The van der Waals surface area contributed by atoms with Gasteiger partial charge in [0.25, 0.3) is 5.56 Å². The second-order valence-electron chi connectivity index (χ2n) is 3.71. The highest BCUT2D eigenvalue weighted by atomic mass is 16.4. The summed E-state index contributed by atoms with van der Waals surface area (Å²) in [5.74, 6) is -1.62. The molecule has 0 aliphatic heterocycles. The van der Waals surface area contributed by atoms with Gasteiger partial charge in [-0.15, -0.1) is 0 Å². The number of hydrogen-bond acceptors (Lipinski definition) is 3. The van der Waals surface area contributed by atoms with Gasteiger partial charge in [-0.1, -0.05) is 6.07 Å². The van der Waals surface area contributed by atoms with Crippen LogP contribution in [0.15, 0.2) is 23.0 Å². The van der Waals surface area contributed by atoms with Crippen LogP contribution in [0.1, 0.15) is 12.6 Å². The summed E-state index contributed by atoms with van der Waals surface area (Å²) in [6, 6.07) is 3.54. The van der Waals surface area contributed by atoms with E-state index in [0.717, 1.165) is 0 Å². The van der Waals surface area contributed by atoms with E-state index in [-0.39, 0.29) is 12.1 Å². The van der Waals surface area contributed by atoms with E-state index in [9.17, 15) is 14.4 Å². The van der Waals surface area contributed by atoms with Crippen molar-refractivity contribution in [3.63, 3.8) is 0 Å². The molecule has 1 amide bonds. The number of pyridine rings is 1. The van der Waals surface area contributed by atoms with E-state index < -0.39 is 17.9 Å². The highest BCUT2D eigenvalue weighted by Crippen LogP contribution is 1.97. The Morgan fingerprint density at radius 2 is 2.12 bits per heavy atom. The Morgan fingerprint density at radius 1 is 1.47 bits per heavy atom. The number of hydrogen-bond donors (Lipinski definition) is 2. The number of amides is 1. The second kappa shape index (κ2) is 5.29. The lowest BCUT2D eigenvalue weighted by Gasteiger charge is -2.16. The van der Waals surface area contributed by atoms with E-state index in [1.165, 1.54) is 17.6 Å². The van der Waals surface area contributed by atoms with Crippen LogP contribution in [0, 0.1) is 6.92 Å². The van der Waals surface area contributed by atoms with Crippen LogP contribution in [-0.2, 0) is 16.1 Å². The summed E-state index contributed by atoms with van der Waals surface area (Å²) in [4.78, 5) is 33.3. The predicted molar refractivity (Wildman–Crippen MR) is 60.7 cm³/mol. The minimum atomic E-state index is -1.17. The number of aromatic nitrogens is 1. The van der Waals surface area contributed by atoms with Gasteiger partial charge in [0.2, 0.25) is 5.91 Å². The molecule has 1 unspecified atom stereocenters. The Hall–Kier alpha value is -2.11. The van der Waals surface area contributed by atoms with Crippen molar-refractivity contribution in [2.24, 2.45) is 0 Å². The third-order valence-electron chi connectivity index (χ3n) is 2.31. The molecule has 2 N–H and O–H groups in total. The summed E-state index contributed by atoms with van der Waals surface area (Å²) in [7, 11) is 0. The first-order valence-electron chi connectivity index (χ1n) is 5.08. The Kier molecular flexibility index (Phi) is 4.03. The summed E-state index contributed by atoms with van der Waals surface area (Å²) >= 11 is 0. The maximum absolute atomic E-state index is 11.5. The fraction of sp³-hybridized carbons (Fsp3) is 0.364. The maximum atomic E-state index is 11.5. The molecule has 0 aliphatic rings. The standard InChI is InChI=1S/C11H14N2O4/c1-7-4-3-5-10(15)13(7)6-9(11(16)17)12-8(2)14/h3-5,9H,6H2,1-2H3,(H,12,14)(H,16,17). The van der Waals surface area contributed by atoms with Gasteiger partial charge in [0, 0.05) is 18.7 Å². The van der Waals surface area contributed by atoms with Crippen molar-refractivity contribution < 1.29 is 14.7 Å². The van der Waals surface area contributed by atoms with E-state index in [0.29, 0.717) is 5.69 Å². The molecule has 0 saturated heterocycles. The van der Waals surface area contributed by atoms with Crippen molar-refractivity contribution in [3.05, 3.63) is 34.2 Å². The topological polar surface area (TPSA) is 88.4 Å². The Labute approximate surface area is 97.9 Å². The lowest BCUT2D eigenvalue weighted by molar-refractivity contribution is -0.142. The maximum Gasteiger partial charge on any atom is 0.328 e. The summed E-state index contributed by atoms with van der Waals surface area (Å²) in [5.41, 5.74) is 0.357. The van der Waals surface area contributed by atoms with E-state index in [1.54, 1.807) is 19.1 Å². The van der Waals surface area contributed by atoms with Crippen molar-refractivity contribution in [1.29, 1.82) is 0 Å². The van der Waals surface area contributed by atoms with Crippen molar-refractivity contribution >= 4 is 11.9 Å². The number of rotatable bonds is 4. The van der Waals surface area contributed by atoms with Crippen molar-refractivity contribution in [1.82, 2.24) is 9.88 Å². The molecular weight excluding hydrogens is 224 g/mol. The minimum Gasteiger partial charge on any atom is -0.480 e. The summed E-state index contributed by atoms with van der Waals surface area (Å²) < 4.78 is 1.31. The molecule has 0 bridgehead atoms. The smallest absolute Gasteiger partial charge is 0.328 e. The molecule has 0 aromatic carbocycles. The average molecular weight is 238 g/mol. The van der Waals surface area contributed by atoms with Gasteiger partial charge in [0.05, 0.1) is 6.54 Å². The van der Waals surface area contributed by atoms with Gasteiger partial charge in [-0.25, -0.2) is 4.79 Å². The second-order valence-corrected chi connectivity index (χ2v) is 3.71. The molecule has 0 fully saturated rings. The molecule has 1 rings (SSSR count).